The number of carbonyl (C=O) groups excluding carboxylic acids is 2. The Labute approximate surface area is 167 Å². The summed E-state index contributed by atoms with van der Waals surface area (Å²) >= 11 is 5.00. The lowest BCUT2D eigenvalue weighted by atomic mass is 10.0. The van der Waals surface area contributed by atoms with Crippen molar-refractivity contribution in [2.45, 2.75) is 65.2 Å². The summed E-state index contributed by atoms with van der Waals surface area (Å²) in [5, 5.41) is 2.62. The monoisotopic (exact) mass is 393 g/mol. The molecule has 1 aromatic carbocycles. The van der Waals surface area contributed by atoms with Crippen molar-refractivity contribution in [2.75, 3.05) is 6.61 Å². The van der Waals surface area contributed by atoms with Gasteiger partial charge in [0.1, 0.15) is 5.75 Å². The van der Waals surface area contributed by atoms with Crippen LogP contribution in [0.25, 0.3) is 0 Å². The van der Waals surface area contributed by atoms with Crippen molar-refractivity contribution in [3.63, 3.8) is 0 Å². The summed E-state index contributed by atoms with van der Waals surface area (Å²) < 4.78 is 5.58. The maximum atomic E-state index is 11.9. The van der Waals surface area contributed by atoms with Crippen LogP contribution in [0, 0.1) is 0 Å². The van der Waals surface area contributed by atoms with Gasteiger partial charge in [-0.2, -0.15) is 0 Å². The van der Waals surface area contributed by atoms with E-state index in [0.717, 1.165) is 24.8 Å². The molecule has 6 nitrogen and oxygen atoms in total. The van der Waals surface area contributed by atoms with Crippen molar-refractivity contribution in [3.8, 4) is 5.75 Å². The number of hydrogen-bond acceptors (Lipinski definition) is 4. The van der Waals surface area contributed by atoms with Gasteiger partial charge in [-0.05, 0) is 36.2 Å². The Morgan fingerprint density at radius 2 is 1.74 bits per heavy atom. The molecule has 150 valence electrons. The topological polar surface area (TPSA) is 79.5 Å². The lowest BCUT2D eigenvalue weighted by molar-refractivity contribution is -0.124. The molecule has 0 spiro atoms. The van der Waals surface area contributed by atoms with Gasteiger partial charge in [-0.1, -0.05) is 64.7 Å². The maximum Gasteiger partial charge on any atom is 0.276 e. The average Bonchev–Trinajstić information content (AvgIpc) is 2.64. The smallest absolute Gasteiger partial charge is 0.276 e. The third-order valence-electron chi connectivity index (χ3n) is 3.98. The van der Waals surface area contributed by atoms with Crippen LogP contribution in [0.4, 0.5) is 0 Å². The van der Waals surface area contributed by atoms with Crippen LogP contribution in [0.1, 0.15) is 70.8 Å². The minimum Gasteiger partial charge on any atom is -0.483 e. The van der Waals surface area contributed by atoms with Gasteiger partial charge in [0.2, 0.25) is 5.91 Å². The number of hydrazine groups is 1. The molecule has 7 heteroatoms. The zero-order valence-corrected chi connectivity index (χ0v) is 17.3. The molecule has 0 aliphatic heterocycles. The molecule has 0 heterocycles. The molecule has 0 bridgehead atoms. The predicted molar refractivity (Wildman–Crippen MR) is 111 cm³/mol. The predicted octanol–water partition coefficient (Wildman–Crippen LogP) is 3.57. The van der Waals surface area contributed by atoms with Crippen LogP contribution in [0.15, 0.2) is 24.3 Å². The number of ether oxygens (including phenoxy) is 1. The third-order valence-corrected chi connectivity index (χ3v) is 4.18. The fourth-order valence-corrected chi connectivity index (χ4v) is 2.67. The molecular formula is C20H31N3O3S. The fourth-order valence-electron chi connectivity index (χ4n) is 2.50. The van der Waals surface area contributed by atoms with Gasteiger partial charge in [0.05, 0.1) is 0 Å². The van der Waals surface area contributed by atoms with E-state index in [4.69, 9.17) is 17.0 Å². The second kappa shape index (κ2) is 13.1. The largest absolute Gasteiger partial charge is 0.483 e. The number of amides is 2. The SMILES string of the molecule is CCCCCCCC(=O)NC(=S)NNC(=O)COc1ccccc1C(C)C. The van der Waals surface area contributed by atoms with Gasteiger partial charge in [0.25, 0.3) is 5.91 Å². The summed E-state index contributed by atoms with van der Waals surface area (Å²) in [7, 11) is 0. The van der Waals surface area contributed by atoms with Crippen LogP contribution < -0.4 is 20.9 Å². The highest BCUT2D eigenvalue weighted by molar-refractivity contribution is 7.80. The minimum atomic E-state index is -0.385. The van der Waals surface area contributed by atoms with Crippen LogP contribution >= 0.6 is 12.2 Å². The van der Waals surface area contributed by atoms with Crippen molar-refractivity contribution in [1.29, 1.82) is 0 Å². The number of rotatable bonds is 10. The highest BCUT2D eigenvalue weighted by Crippen LogP contribution is 2.25. The molecule has 0 aliphatic rings. The molecule has 0 aliphatic carbocycles. The van der Waals surface area contributed by atoms with E-state index in [9.17, 15) is 9.59 Å². The standard InChI is InChI=1S/C20H31N3O3S/c1-4-5-6-7-8-13-18(24)21-20(27)23-22-19(25)14-26-17-12-10-9-11-16(17)15(2)3/h9-12,15H,4-8,13-14H2,1-3H3,(H,22,25)(H2,21,23,24,27). The number of hydrogen-bond donors (Lipinski definition) is 3. The Kier molecular flexibility index (Phi) is 11.1. The number of thiocarbonyl (C=S) groups is 1. The molecule has 27 heavy (non-hydrogen) atoms. The first kappa shape index (κ1) is 22.9. The zero-order chi connectivity index (χ0) is 20.1. The van der Waals surface area contributed by atoms with Crippen molar-refractivity contribution < 1.29 is 14.3 Å². The third kappa shape index (κ3) is 9.94. The Morgan fingerprint density at radius 1 is 1.04 bits per heavy atom. The Morgan fingerprint density at radius 3 is 2.44 bits per heavy atom. The highest BCUT2D eigenvalue weighted by atomic mass is 32.1. The lowest BCUT2D eigenvalue weighted by Gasteiger charge is -2.14. The Balaban J connectivity index is 2.24. The number of unbranched alkanes of at least 4 members (excludes halogenated alkanes) is 4. The quantitative estimate of drug-likeness (QED) is 0.322. The van der Waals surface area contributed by atoms with Gasteiger partial charge in [-0.15, -0.1) is 0 Å². The van der Waals surface area contributed by atoms with E-state index in [1.165, 1.54) is 12.8 Å². The van der Waals surface area contributed by atoms with Crippen LogP contribution in [-0.2, 0) is 9.59 Å². The molecule has 0 atom stereocenters. The molecule has 0 aromatic heterocycles. The molecule has 1 rings (SSSR count). The molecule has 0 unspecified atom stereocenters. The van der Waals surface area contributed by atoms with E-state index in [-0.39, 0.29) is 23.5 Å². The first-order chi connectivity index (χ1) is 12.9. The van der Waals surface area contributed by atoms with Crippen molar-refractivity contribution in [3.05, 3.63) is 29.8 Å². The van der Waals surface area contributed by atoms with E-state index in [1.54, 1.807) is 0 Å². The van der Waals surface area contributed by atoms with Gasteiger partial charge in [0.15, 0.2) is 11.7 Å². The fraction of sp³-hybridized carbons (Fsp3) is 0.550. The zero-order valence-electron chi connectivity index (χ0n) is 16.5. The van der Waals surface area contributed by atoms with Gasteiger partial charge in [0, 0.05) is 6.42 Å². The highest BCUT2D eigenvalue weighted by Gasteiger charge is 2.10. The van der Waals surface area contributed by atoms with Crippen molar-refractivity contribution in [2.24, 2.45) is 0 Å². The van der Waals surface area contributed by atoms with Crippen molar-refractivity contribution in [1.82, 2.24) is 16.2 Å². The summed E-state index contributed by atoms with van der Waals surface area (Å²) in [6.45, 7) is 6.13. The van der Waals surface area contributed by atoms with Crippen LogP contribution in [0.5, 0.6) is 5.75 Å². The molecule has 2 amide bonds. The molecule has 0 saturated carbocycles. The van der Waals surface area contributed by atoms with E-state index in [2.05, 4.69) is 36.9 Å². The second-order valence-electron chi connectivity index (χ2n) is 6.70. The number of para-hydroxylation sites is 1. The van der Waals surface area contributed by atoms with E-state index < -0.39 is 0 Å². The van der Waals surface area contributed by atoms with Gasteiger partial charge in [-0.3, -0.25) is 20.4 Å². The summed E-state index contributed by atoms with van der Waals surface area (Å²) in [5.41, 5.74) is 5.98. The molecule has 0 saturated heterocycles. The number of nitrogens with one attached hydrogen (secondary N) is 3. The van der Waals surface area contributed by atoms with Crippen LogP contribution in [0.3, 0.4) is 0 Å². The normalized spacial score (nSPS) is 10.4. The van der Waals surface area contributed by atoms with E-state index >= 15 is 0 Å². The molecular weight excluding hydrogens is 362 g/mol. The van der Waals surface area contributed by atoms with Gasteiger partial charge < -0.3 is 10.1 Å². The molecule has 1 aromatic rings. The van der Waals surface area contributed by atoms with Crippen LogP contribution in [0.2, 0.25) is 0 Å². The summed E-state index contributed by atoms with van der Waals surface area (Å²) in [4.78, 5) is 23.7. The number of carbonyl (C=O) groups is 2. The Hall–Kier alpha value is -2.15. The molecule has 0 fully saturated rings. The second-order valence-corrected chi connectivity index (χ2v) is 7.10. The van der Waals surface area contributed by atoms with Crippen molar-refractivity contribution >= 4 is 29.1 Å². The first-order valence-corrected chi connectivity index (χ1v) is 9.95. The summed E-state index contributed by atoms with van der Waals surface area (Å²) in [5.74, 6) is 0.443. The van der Waals surface area contributed by atoms with E-state index in [1.807, 2.05) is 24.3 Å². The molecule has 0 radical (unpaired) electrons. The molecule has 3 N–H and O–H groups in total. The maximum absolute atomic E-state index is 11.9. The average molecular weight is 394 g/mol. The minimum absolute atomic E-state index is 0.0736. The number of benzene rings is 1. The Bertz CT molecular complexity index is 620. The first-order valence-electron chi connectivity index (χ1n) is 9.54. The van der Waals surface area contributed by atoms with Crippen LogP contribution in [-0.4, -0.2) is 23.5 Å². The van der Waals surface area contributed by atoms with Gasteiger partial charge in [-0.25, -0.2) is 0 Å². The van der Waals surface area contributed by atoms with Gasteiger partial charge >= 0.3 is 0 Å². The van der Waals surface area contributed by atoms with E-state index in [0.29, 0.717) is 18.1 Å². The summed E-state index contributed by atoms with van der Waals surface area (Å²) in [6.07, 6.45) is 5.80. The lowest BCUT2D eigenvalue weighted by Crippen LogP contribution is -2.49. The summed E-state index contributed by atoms with van der Waals surface area (Å²) in [6, 6.07) is 7.61.